The number of hydrogen-bond acceptors (Lipinski definition) is 5. The van der Waals surface area contributed by atoms with Crippen molar-refractivity contribution in [1.29, 1.82) is 0 Å². The van der Waals surface area contributed by atoms with Gasteiger partial charge in [0.2, 0.25) is 0 Å². The second-order valence-corrected chi connectivity index (χ2v) is 11.2. The first kappa shape index (κ1) is 21.3. The number of carbonyl (C=O) groups is 1. The van der Waals surface area contributed by atoms with Crippen LogP contribution in [0.1, 0.15) is 57.7 Å². The molecule has 1 unspecified atom stereocenters. The van der Waals surface area contributed by atoms with E-state index in [0.717, 1.165) is 54.4 Å². The van der Waals surface area contributed by atoms with Crippen molar-refractivity contribution in [3.8, 4) is 5.75 Å². The molecule has 1 aliphatic heterocycles. The Kier molecular flexibility index (Phi) is 4.44. The van der Waals surface area contributed by atoms with Crippen molar-refractivity contribution in [3.63, 3.8) is 0 Å². The number of aromatic hydroxyl groups is 1. The molecule has 2 bridgehead atoms. The molecule has 1 saturated heterocycles. The van der Waals surface area contributed by atoms with Gasteiger partial charge >= 0.3 is 0 Å². The molecule has 0 radical (unpaired) electrons. The topological polar surface area (TPSA) is 78.6 Å². The van der Waals surface area contributed by atoms with Gasteiger partial charge in [0, 0.05) is 36.4 Å². The van der Waals surface area contributed by atoms with Gasteiger partial charge in [0.25, 0.3) is 5.91 Å². The fraction of sp³-hybridized carbons (Fsp3) is 0.448. The number of aromatic nitrogens is 2. The number of phenols is 1. The van der Waals surface area contributed by atoms with Gasteiger partial charge in [-0.05, 0) is 86.0 Å². The van der Waals surface area contributed by atoms with Crippen LogP contribution in [0.3, 0.4) is 0 Å². The zero-order chi connectivity index (χ0) is 23.9. The van der Waals surface area contributed by atoms with E-state index in [1.165, 1.54) is 18.4 Å². The highest BCUT2D eigenvalue weighted by Gasteiger charge is 2.65. The second kappa shape index (κ2) is 7.28. The summed E-state index contributed by atoms with van der Waals surface area (Å²) >= 11 is 0. The van der Waals surface area contributed by atoms with Crippen LogP contribution in [0.5, 0.6) is 5.75 Å². The lowest BCUT2D eigenvalue weighted by Crippen LogP contribution is -2.74. The third kappa shape index (κ3) is 2.96. The number of fused-ring (bicyclic) bond motifs is 2. The summed E-state index contributed by atoms with van der Waals surface area (Å²) in [5.74, 6) is 0.848. The molecule has 180 valence electrons. The summed E-state index contributed by atoms with van der Waals surface area (Å²) in [5.41, 5.74) is 4.07. The van der Waals surface area contributed by atoms with Crippen molar-refractivity contribution in [2.75, 3.05) is 13.1 Å². The van der Waals surface area contributed by atoms with Crippen molar-refractivity contribution < 1.29 is 15.0 Å². The number of carbonyl (C=O) groups excluding carboxylic acids is 1. The summed E-state index contributed by atoms with van der Waals surface area (Å²) < 4.78 is 1.58. The average Bonchev–Trinajstić information content (AvgIpc) is 3.62. The van der Waals surface area contributed by atoms with E-state index in [1.807, 2.05) is 49.4 Å². The summed E-state index contributed by atoms with van der Waals surface area (Å²) in [5, 5.41) is 27.9. The molecule has 3 aromatic rings. The number of phenolic OH excluding ortho intramolecular Hbond substituents is 1. The van der Waals surface area contributed by atoms with E-state index in [0.29, 0.717) is 18.4 Å². The molecule has 2 aromatic carbocycles. The predicted molar refractivity (Wildman–Crippen MR) is 132 cm³/mol. The fourth-order valence-corrected chi connectivity index (χ4v) is 7.31. The smallest absolute Gasteiger partial charge is 0.278 e. The van der Waals surface area contributed by atoms with Gasteiger partial charge in [-0.15, -0.1) is 0 Å². The number of aliphatic hydroxyl groups is 1. The Balaban J connectivity index is 1.40. The van der Waals surface area contributed by atoms with E-state index in [2.05, 4.69) is 4.90 Å². The Bertz CT molecular complexity index is 1340. The molecule has 35 heavy (non-hydrogen) atoms. The van der Waals surface area contributed by atoms with Crippen LogP contribution in [0, 0.1) is 12.8 Å². The second-order valence-electron chi connectivity index (χ2n) is 11.2. The van der Waals surface area contributed by atoms with Crippen LogP contribution in [0.4, 0.5) is 0 Å². The van der Waals surface area contributed by atoms with E-state index in [4.69, 9.17) is 5.10 Å². The van der Waals surface area contributed by atoms with Gasteiger partial charge in [-0.25, -0.2) is 4.68 Å². The number of nitrogens with zero attached hydrogens (tertiary/aromatic N) is 3. The van der Waals surface area contributed by atoms with Gasteiger partial charge in [-0.1, -0.05) is 24.3 Å². The molecule has 2 heterocycles. The Morgan fingerprint density at radius 3 is 2.71 bits per heavy atom. The standard InChI is InChI=1S/C29H31N3O3/c1-18-23-15-29(35)26-13-21-9-10-22(33)14-24(21)28(29,11-12-31(26)17-19-7-8-19)16-25(23)32(30-18)27(34)20-5-3-2-4-6-20/h2-6,9-10,14,19,26,33,35H,7-8,11-13,15-17H2,1H3/t26?,28-,29-/m0/s1. The monoisotopic (exact) mass is 469 g/mol. The minimum atomic E-state index is -0.970. The fourth-order valence-electron chi connectivity index (χ4n) is 7.31. The lowest BCUT2D eigenvalue weighted by atomic mass is 9.49. The van der Waals surface area contributed by atoms with Gasteiger partial charge in [0.05, 0.1) is 17.0 Å². The highest BCUT2D eigenvalue weighted by molar-refractivity contribution is 5.96. The predicted octanol–water partition coefficient (Wildman–Crippen LogP) is 3.39. The molecule has 7 rings (SSSR count). The van der Waals surface area contributed by atoms with Crippen molar-refractivity contribution in [3.05, 3.63) is 82.2 Å². The number of hydrogen-bond donors (Lipinski definition) is 2. The van der Waals surface area contributed by atoms with Crippen LogP contribution < -0.4 is 0 Å². The molecule has 1 saturated carbocycles. The summed E-state index contributed by atoms with van der Waals surface area (Å²) in [7, 11) is 0. The zero-order valence-corrected chi connectivity index (χ0v) is 20.1. The molecule has 1 aromatic heterocycles. The van der Waals surface area contributed by atoms with Crippen LogP contribution in [0.15, 0.2) is 48.5 Å². The molecule has 0 spiro atoms. The van der Waals surface area contributed by atoms with E-state index >= 15 is 0 Å². The van der Waals surface area contributed by atoms with E-state index in [9.17, 15) is 15.0 Å². The Labute approximate surface area is 205 Å². The lowest BCUT2D eigenvalue weighted by Gasteiger charge is -2.63. The first-order valence-electron chi connectivity index (χ1n) is 12.9. The summed E-state index contributed by atoms with van der Waals surface area (Å²) in [6.45, 7) is 3.93. The maximum atomic E-state index is 13.5. The molecule has 0 amide bonds. The van der Waals surface area contributed by atoms with E-state index < -0.39 is 11.0 Å². The number of likely N-dealkylation sites (tertiary alicyclic amines) is 1. The zero-order valence-electron chi connectivity index (χ0n) is 20.1. The maximum absolute atomic E-state index is 13.5. The molecule has 4 aliphatic rings. The van der Waals surface area contributed by atoms with Crippen LogP contribution in [-0.4, -0.2) is 55.5 Å². The highest BCUT2D eigenvalue weighted by Crippen LogP contribution is 2.58. The number of aryl methyl sites for hydroxylation is 1. The van der Waals surface area contributed by atoms with Crippen LogP contribution in [0.2, 0.25) is 0 Å². The Morgan fingerprint density at radius 2 is 1.94 bits per heavy atom. The minimum absolute atomic E-state index is 0.0228. The third-order valence-electron chi connectivity index (χ3n) is 9.28. The number of rotatable bonds is 3. The van der Waals surface area contributed by atoms with Crippen molar-refractivity contribution in [1.82, 2.24) is 14.7 Å². The van der Waals surface area contributed by atoms with Gasteiger partial charge < -0.3 is 10.2 Å². The number of piperidine rings is 1. The van der Waals surface area contributed by atoms with E-state index in [-0.39, 0.29) is 17.7 Å². The lowest BCUT2D eigenvalue weighted by molar-refractivity contribution is -0.152. The minimum Gasteiger partial charge on any atom is -0.508 e. The number of benzene rings is 2. The van der Waals surface area contributed by atoms with Crippen molar-refractivity contribution >= 4 is 5.91 Å². The molecular weight excluding hydrogens is 438 g/mol. The van der Waals surface area contributed by atoms with E-state index in [1.54, 1.807) is 10.7 Å². The molecule has 2 fully saturated rings. The molecule has 6 heteroatoms. The quantitative estimate of drug-likeness (QED) is 0.615. The first-order chi connectivity index (χ1) is 16.9. The first-order valence-corrected chi connectivity index (χ1v) is 12.9. The highest BCUT2D eigenvalue weighted by atomic mass is 16.3. The maximum Gasteiger partial charge on any atom is 0.278 e. The van der Waals surface area contributed by atoms with Gasteiger partial charge in [0.15, 0.2) is 0 Å². The van der Waals surface area contributed by atoms with Gasteiger partial charge in [0.1, 0.15) is 5.75 Å². The summed E-state index contributed by atoms with van der Waals surface area (Å²) in [6.07, 6.45) is 5.18. The molecule has 2 N–H and O–H groups in total. The Morgan fingerprint density at radius 1 is 1.14 bits per heavy atom. The molecule has 3 atom stereocenters. The molecule has 6 nitrogen and oxygen atoms in total. The summed E-state index contributed by atoms with van der Waals surface area (Å²) in [4.78, 5) is 16.0. The normalized spacial score (nSPS) is 29.3. The largest absolute Gasteiger partial charge is 0.508 e. The van der Waals surface area contributed by atoms with Gasteiger partial charge in [-0.3, -0.25) is 9.69 Å². The van der Waals surface area contributed by atoms with Gasteiger partial charge in [-0.2, -0.15) is 5.10 Å². The van der Waals surface area contributed by atoms with Crippen LogP contribution in [0.25, 0.3) is 0 Å². The van der Waals surface area contributed by atoms with Crippen molar-refractivity contribution in [2.24, 2.45) is 5.92 Å². The van der Waals surface area contributed by atoms with Crippen LogP contribution >= 0.6 is 0 Å². The van der Waals surface area contributed by atoms with Crippen LogP contribution in [-0.2, 0) is 24.7 Å². The average molecular weight is 470 g/mol. The summed E-state index contributed by atoms with van der Waals surface area (Å²) in [6, 6.07) is 15.0. The van der Waals surface area contributed by atoms with Crippen molar-refractivity contribution in [2.45, 2.75) is 62.5 Å². The molecule has 3 aliphatic carbocycles. The molecular formula is C29H31N3O3. The third-order valence-corrected chi connectivity index (χ3v) is 9.28. The Hall–Kier alpha value is -2.96. The SMILES string of the molecule is Cc1nn(C(=O)c2ccccc2)c2c1C[C@]1(O)C3Cc4ccc(O)cc4[C@]1(CCN3CC1CC1)C2.